The van der Waals surface area contributed by atoms with Gasteiger partial charge in [0.2, 0.25) is 0 Å². The molecule has 0 spiro atoms. The first-order valence-corrected chi connectivity index (χ1v) is 2.93. The normalized spacial score (nSPS) is 9.33. The fourth-order valence-electron chi connectivity index (χ4n) is 0.367. The molecule has 0 amide bonds. The molecule has 2 nitrogen and oxygen atoms in total. The van der Waals surface area contributed by atoms with Crippen molar-refractivity contribution in [2.24, 2.45) is 5.92 Å². The summed E-state index contributed by atoms with van der Waals surface area (Å²) < 4.78 is 0. The van der Waals surface area contributed by atoms with Crippen molar-refractivity contribution in [2.45, 2.75) is 20.8 Å². The second-order valence-corrected chi connectivity index (χ2v) is 2.31. The lowest BCUT2D eigenvalue weighted by molar-refractivity contribution is -0.116. The van der Waals surface area contributed by atoms with Crippen LogP contribution in [-0.4, -0.2) is 18.6 Å². The zero-order valence-electron chi connectivity index (χ0n) is 5.97. The van der Waals surface area contributed by atoms with Crippen molar-refractivity contribution in [1.29, 1.82) is 0 Å². The van der Waals surface area contributed by atoms with E-state index in [1.54, 1.807) is 13.8 Å². The highest BCUT2D eigenvalue weighted by Gasteiger charge is 2.11. The highest BCUT2D eigenvalue weighted by atomic mass is 16.1. The van der Waals surface area contributed by atoms with Crippen LogP contribution in [0.15, 0.2) is 0 Å². The largest absolute Gasteiger partial charge is 0.312 e. The zero-order chi connectivity index (χ0) is 7.44. The molecule has 0 saturated carbocycles. The maximum absolute atomic E-state index is 10.7. The highest BCUT2D eigenvalue weighted by molar-refractivity contribution is 6.97. The predicted molar refractivity (Wildman–Crippen MR) is 36.3 cm³/mol. The van der Waals surface area contributed by atoms with Crippen molar-refractivity contribution in [3.05, 3.63) is 0 Å². The molecule has 0 atom stereocenters. The van der Waals surface area contributed by atoms with E-state index in [-0.39, 0.29) is 17.3 Å². The third-order valence-corrected chi connectivity index (χ3v) is 0.915. The van der Waals surface area contributed by atoms with Crippen LogP contribution in [0.5, 0.6) is 0 Å². The van der Waals surface area contributed by atoms with Gasteiger partial charge >= 0.3 is 0 Å². The molecule has 0 aromatic heterocycles. The number of carbonyl (C=O) groups excluding carboxylic acids is 2. The Labute approximate surface area is 55.9 Å². The Morgan fingerprint density at radius 3 is 1.89 bits per heavy atom. The molecule has 0 N–H and O–H groups in total. The Kier molecular flexibility index (Phi) is 3.21. The van der Waals surface area contributed by atoms with E-state index in [0.29, 0.717) is 0 Å². The van der Waals surface area contributed by atoms with Crippen LogP contribution in [0.1, 0.15) is 20.8 Å². The van der Waals surface area contributed by atoms with Crippen LogP contribution in [0.4, 0.5) is 0 Å². The third-order valence-electron chi connectivity index (χ3n) is 0.915. The molecule has 0 bridgehead atoms. The lowest BCUT2D eigenvalue weighted by Gasteiger charge is -1.97. The van der Waals surface area contributed by atoms with Gasteiger partial charge in [0.15, 0.2) is 0 Å². The number of hydrogen-bond acceptors (Lipinski definition) is 2. The quantitative estimate of drug-likeness (QED) is 0.512. The van der Waals surface area contributed by atoms with Crippen molar-refractivity contribution in [2.75, 3.05) is 0 Å². The van der Waals surface area contributed by atoms with Crippen LogP contribution in [-0.2, 0) is 9.59 Å². The maximum atomic E-state index is 10.7. The Bertz CT molecular complexity index is 129. The van der Waals surface area contributed by atoms with E-state index in [9.17, 15) is 9.59 Å². The van der Waals surface area contributed by atoms with Gasteiger partial charge in [-0.2, -0.15) is 0 Å². The minimum Gasteiger partial charge on any atom is -0.312 e. The fraction of sp³-hybridized carbons (Fsp3) is 0.667. The molecule has 0 aromatic rings. The molecule has 49 valence electrons. The van der Waals surface area contributed by atoms with E-state index in [4.69, 9.17) is 0 Å². The first-order chi connectivity index (χ1) is 4.04. The average Bonchev–Trinajstić information content (AvgIpc) is 1.63. The Balaban J connectivity index is 3.64. The van der Waals surface area contributed by atoms with Gasteiger partial charge in [0.1, 0.15) is 0 Å². The second kappa shape index (κ2) is 3.43. The summed E-state index contributed by atoms with van der Waals surface area (Å²) in [5.41, 5.74) is -0.267. The zero-order valence-corrected chi connectivity index (χ0v) is 5.97. The topological polar surface area (TPSA) is 34.1 Å². The Hall–Kier alpha value is -0.595. The summed E-state index contributed by atoms with van der Waals surface area (Å²) in [5, 5.41) is 0. The number of rotatable bonds is 3. The van der Waals surface area contributed by atoms with Crippen molar-refractivity contribution < 1.29 is 9.59 Å². The first kappa shape index (κ1) is 8.40. The summed E-state index contributed by atoms with van der Waals surface area (Å²) in [6, 6.07) is 0. The molecule has 0 aliphatic rings. The summed E-state index contributed by atoms with van der Waals surface area (Å²) in [7, 11) is 1.13. The summed E-state index contributed by atoms with van der Waals surface area (Å²) in [6.45, 7) is 4.91. The molecule has 0 aliphatic heterocycles. The smallest absolute Gasteiger partial charge is 0.290 e. The van der Waals surface area contributed by atoms with E-state index >= 15 is 0 Å². The van der Waals surface area contributed by atoms with E-state index < -0.39 is 0 Å². The van der Waals surface area contributed by atoms with Crippen molar-refractivity contribution >= 4 is 18.6 Å². The van der Waals surface area contributed by atoms with Crippen LogP contribution in [0.3, 0.4) is 0 Å². The van der Waals surface area contributed by atoms with Gasteiger partial charge in [-0.05, 0) is 6.92 Å². The lowest BCUT2D eigenvalue weighted by Crippen LogP contribution is -2.21. The van der Waals surface area contributed by atoms with E-state index in [1.165, 1.54) is 6.92 Å². The molecule has 0 aliphatic carbocycles. The first-order valence-electron chi connectivity index (χ1n) is 2.93. The van der Waals surface area contributed by atoms with E-state index in [2.05, 4.69) is 0 Å². The van der Waals surface area contributed by atoms with E-state index in [0.717, 1.165) is 7.28 Å². The summed E-state index contributed by atoms with van der Waals surface area (Å²) >= 11 is 0. The Morgan fingerprint density at radius 1 is 1.33 bits per heavy atom. The monoisotopic (exact) mass is 125 g/mol. The minimum atomic E-state index is -0.172. The van der Waals surface area contributed by atoms with Crippen LogP contribution >= 0.6 is 0 Å². The fourth-order valence-corrected chi connectivity index (χ4v) is 0.367. The van der Waals surface area contributed by atoms with Crippen molar-refractivity contribution in [3.63, 3.8) is 0 Å². The highest BCUT2D eigenvalue weighted by Crippen LogP contribution is 1.91. The third kappa shape index (κ3) is 3.95. The van der Waals surface area contributed by atoms with Crippen molar-refractivity contribution in [3.8, 4) is 0 Å². The summed E-state index contributed by atoms with van der Waals surface area (Å²) in [6.07, 6.45) is 0. The second-order valence-electron chi connectivity index (χ2n) is 2.31. The number of carbonyl (C=O) groups is 2. The summed E-state index contributed by atoms with van der Waals surface area (Å²) in [5.74, 6) is -0.0612. The molecule has 0 heterocycles. The minimum absolute atomic E-state index is 0.0612. The molecule has 3 heteroatoms. The molecule has 0 fully saturated rings. The van der Waals surface area contributed by atoms with Gasteiger partial charge in [-0.25, -0.2) is 0 Å². The van der Waals surface area contributed by atoms with Gasteiger partial charge in [0, 0.05) is 5.92 Å². The molecule has 0 aromatic carbocycles. The maximum Gasteiger partial charge on any atom is 0.290 e. The molecule has 0 rings (SSSR count). The van der Waals surface area contributed by atoms with Gasteiger partial charge in [-0.1, -0.05) is 13.8 Å². The SMILES string of the molecule is CC(=O)[B]C(=O)C(C)C. The lowest BCUT2D eigenvalue weighted by atomic mass is 9.65. The average molecular weight is 125 g/mol. The molecule has 0 saturated heterocycles. The van der Waals surface area contributed by atoms with Crippen LogP contribution in [0.2, 0.25) is 0 Å². The Morgan fingerprint density at radius 2 is 1.78 bits per heavy atom. The molecule has 0 unspecified atom stereocenters. The van der Waals surface area contributed by atoms with Crippen LogP contribution in [0, 0.1) is 5.92 Å². The van der Waals surface area contributed by atoms with Gasteiger partial charge in [0.05, 0.1) is 11.4 Å². The van der Waals surface area contributed by atoms with Gasteiger partial charge < -0.3 is 9.59 Å². The van der Waals surface area contributed by atoms with E-state index in [1.807, 2.05) is 0 Å². The predicted octanol–water partition coefficient (Wildman–Crippen LogP) is 0.420. The molecule has 9 heavy (non-hydrogen) atoms. The number of hydrogen-bond donors (Lipinski definition) is 0. The van der Waals surface area contributed by atoms with Gasteiger partial charge in [-0.15, -0.1) is 0 Å². The van der Waals surface area contributed by atoms with Crippen LogP contribution < -0.4 is 0 Å². The van der Waals surface area contributed by atoms with Gasteiger partial charge in [-0.3, -0.25) is 0 Å². The van der Waals surface area contributed by atoms with Gasteiger partial charge in [0.25, 0.3) is 7.28 Å². The molecular weight excluding hydrogens is 115 g/mol. The standard InChI is InChI=1S/C6H10BO2/c1-4(2)6(9)7-5(3)8/h4H,1-3H3. The van der Waals surface area contributed by atoms with Crippen molar-refractivity contribution in [1.82, 2.24) is 0 Å². The molecule has 1 radical (unpaired) electrons. The van der Waals surface area contributed by atoms with Crippen LogP contribution in [0.25, 0.3) is 0 Å². The molecular formula is C6H10BO2. The summed E-state index contributed by atoms with van der Waals surface area (Å²) in [4.78, 5) is 21.0.